The van der Waals surface area contributed by atoms with Crippen molar-refractivity contribution in [1.82, 2.24) is 20.1 Å². The number of rotatable bonds is 8. The molecule has 4 aromatic rings. The lowest BCUT2D eigenvalue weighted by Crippen LogP contribution is -2.29. The zero-order valence-electron chi connectivity index (χ0n) is 19.2. The lowest BCUT2D eigenvalue weighted by atomic mass is 10.1. The van der Waals surface area contributed by atoms with Crippen molar-refractivity contribution < 1.29 is 9.72 Å². The standard InChI is InChI=1S/C25H21N7O3S/c1-17-4-2-3-5-19(17)16-36-25-30-29-23(31(25)21-10-12-22(13-11-21)32(34)35)15-27-24(33)28-20-8-6-18(14-26)7-9-20/h2-13H,15-16H2,1H3,(H2,27,28,33). The first-order valence-electron chi connectivity index (χ1n) is 10.9. The van der Waals surface area contributed by atoms with Crippen molar-refractivity contribution in [2.45, 2.75) is 24.4 Å². The molecule has 10 nitrogen and oxygen atoms in total. The Morgan fingerprint density at radius 2 is 1.81 bits per heavy atom. The number of hydrogen-bond donors (Lipinski definition) is 2. The first-order chi connectivity index (χ1) is 17.4. The monoisotopic (exact) mass is 499 g/mol. The Bertz CT molecular complexity index is 1430. The Hall–Kier alpha value is -4.69. The predicted molar refractivity (Wildman–Crippen MR) is 136 cm³/mol. The molecule has 0 fully saturated rings. The minimum Gasteiger partial charge on any atom is -0.331 e. The van der Waals surface area contributed by atoms with Gasteiger partial charge in [0.25, 0.3) is 5.69 Å². The minimum absolute atomic E-state index is 0.0255. The van der Waals surface area contributed by atoms with Gasteiger partial charge in [0.1, 0.15) is 0 Å². The van der Waals surface area contributed by atoms with Gasteiger partial charge in [-0.25, -0.2) is 4.79 Å². The Morgan fingerprint density at radius 1 is 1.08 bits per heavy atom. The van der Waals surface area contributed by atoms with Crippen molar-refractivity contribution in [2.75, 3.05) is 5.32 Å². The van der Waals surface area contributed by atoms with Crippen molar-refractivity contribution >= 4 is 29.2 Å². The van der Waals surface area contributed by atoms with Gasteiger partial charge in [-0.15, -0.1) is 10.2 Å². The third-order valence-corrected chi connectivity index (χ3v) is 6.29. The summed E-state index contributed by atoms with van der Waals surface area (Å²) in [5.41, 5.74) is 3.96. The molecule has 11 heteroatoms. The van der Waals surface area contributed by atoms with Crippen molar-refractivity contribution in [3.63, 3.8) is 0 Å². The van der Waals surface area contributed by atoms with E-state index in [0.29, 0.717) is 33.7 Å². The molecule has 2 N–H and O–H groups in total. The summed E-state index contributed by atoms with van der Waals surface area (Å²) in [6.45, 7) is 2.11. The molecule has 0 unspecified atom stereocenters. The number of benzene rings is 3. The highest BCUT2D eigenvalue weighted by Gasteiger charge is 2.17. The third-order valence-electron chi connectivity index (χ3n) is 5.32. The average molecular weight is 500 g/mol. The largest absolute Gasteiger partial charge is 0.331 e. The number of nitrogens with one attached hydrogen (secondary N) is 2. The Balaban J connectivity index is 1.53. The predicted octanol–water partition coefficient (Wildman–Crippen LogP) is 4.97. The SMILES string of the molecule is Cc1ccccc1CSc1nnc(CNC(=O)Nc2ccc(C#N)cc2)n1-c1ccc([N+](=O)[O-])cc1. The van der Waals surface area contributed by atoms with Gasteiger partial charge >= 0.3 is 6.03 Å². The smallest absolute Gasteiger partial charge is 0.319 e. The molecular weight excluding hydrogens is 478 g/mol. The number of carbonyl (C=O) groups is 1. The second-order valence-corrected chi connectivity index (χ2v) is 8.66. The van der Waals surface area contributed by atoms with Gasteiger partial charge < -0.3 is 10.6 Å². The van der Waals surface area contributed by atoms with Crippen LogP contribution < -0.4 is 10.6 Å². The molecule has 0 bridgehead atoms. The van der Waals surface area contributed by atoms with Gasteiger partial charge in [-0.05, 0) is 54.4 Å². The molecule has 0 atom stereocenters. The summed E-state index contributed by atoms with van der Waals surface area (Å²) in [6, 6.07) is 22.2. The van der Waals surface area contributed by atoms with Crippen LogP contribution in [0.25, 0.3) is 5.69 Å². The van der Waals surface area contributed by atoms with Gasteiger partial charge in [-0.1, -0.05) is 36.0 Å². The fourth-order valence-corrected chi connectivity index (χ4v) is 4.42. The summed E-state index contributed by atoms with van der Waals surface area (Å²) < 4.78 is 1.77. The van der Waals surface area contributed by atoms with Crippen LogP contribution in [0.4, 0.5) is 16.2 Å². The number of nitro groups is 1. The number of urea groups is 1. The van der Waals surface area contributed by atoms with Crippen molar-refractivity contribution in [2.24, 2.45) is 0 Å². The van der Waals surface area contributed by atoms with Crippen molar-refractivity contribution in [3.05, 3.63) is 105 Å². The molecule has 36 heavy (non-hydrogen) atoms. The molecule has 3 aromatic carbocycles. The molecule has 0 aliphatic carbocycles. The van der Waals surface area contributed by atoms with E-state index in [1.54, 1.807) is 41.0 Å². The Morgan fingerprint density at radius 3 is 2.47 bits per heavy atom. The van der Waals surface area contributed by atoms with Crippen LogP contribution in [0.5, 0.6) is 0 Å². The third kappa shape index (κ3) is 5.86. The average Bonchev–Trinajstić information content (AvgIpc) is 3.30. The fraction of sp³-hybridized carbons (Fsp3) is 0.120. The number of amides is 2. The topological polar surface area (TPSA) is 139 Å². The summed E-state index contributed by atoms with van der Waals surface area (Å²) in [7, 11) is 0. The lowest BCUT2D eigenvalue weighted by molar-refractivity contribution is -0.384. The normalized spacial score (nSPS) is 10.4. The second kappa shape index (κ2) is 11.2. The number of aryl methyl sites for hydroxylation is 1. The van der Waals surface area contributed by atoms with E-state index in [-0.39, 0.29) is 12.2 Å². The van der Waals surface area contributed by atoms with Crippen LogP contribution >= 0.6 is 11.8 Å². The van der Waals surface area contributed by atoms with E-state index in [9.17, 15) is 14.9 Å². The molecule has 0 spiro atoms. The van der Waals surface area contributed by atoms with E-state index in [1.165, 1.54) is 23.9 Å². The zero-order valence-corrected chi connectivity index (χ0v) is 20.0. The number of nitrogens with zero attached hydrogens (tertiary/aromatic N) is 5. The van der Waals surface area contributed by atoms with E-state index in [1.807, 2.05) is 37.3 Å². The lowest BCUT2D eigenvalue weighted by Gasteiger charge is -2.12. The van der Waals surface area contributed by atoms with E-state index >= 15 is 0 Å². The summed E-state index contributed by atoms with van der Waals surface area (Å²) in [4.78, 5) is 23.1. The molecule has 0 radical (unpaired) electrons. The highest BCUT2D eigenvalue weighted by atomic mass is 32.2. The van der Waals surface area contributed by atoms with Crippen LogP contribution in [-0.4, -0.2) is 25.7 Å². The quantitative estimate of drug-likeness (QED) is 0.198. The van der Waals surface area contributed by atoms with Crippen molar-refractivity contribution in [1.29, 1.82) is 5.26 Å². The highest BCUT2D eigenvalue weighted by molar-refractivity contribution is 7.98. The van der Waals surface area contributed by atoms with Crippen LogP contribution in [-0.2, 0) is 12.3 Å². The number of non-ortho nitro benzene ring substituents is 1. The fourth-order valence-electron chi connectivity index (χ4n) is 3.37. The number of anilines is 1. The Labute approximate surface area is 211 Å². The number of carbonyl (C=O) groups excluding carboxylic acids is 1. The molecule has 0 aliphatic heterocycles. The molecule has 0 aliphatic rings. The maximum Gasteiger partial charge on any atom is 0.319 e. The first-order valence-corrected chi connectivity index (χ1v) is 11.8. The van der Waals surface area contributed by atoms with E-state index in [0.717, 1.165) is 11.1 Å². The molecule has 4 rings (SSSR count). The number of nitriles is 1. The van der Waals surface area contributed by atoms with Crippen LogP contribution in [0.3, 0.4) is 0 Å². The number of nitro benzene ring substituents is 1. The van der Waals surface area contributed by atoms with E-state index in [4.69, 9.17) is 5.26 Å². The van der Waals surface area contributed by atoms with Gasteiger partial charge in [0.2, 0.25) is 0 Å². The molecule has 2 amide bonds. The van der Waals surface area contributed by atoms with Gasteiger partial charge in [-0.2, -0.15) is 5.26 Å². The highest BCUT2D eigenvalue weighted by Crippen LogP contribution is 2.27. The molecule has 180 valence electrons. The van der Waals surface area contributed by atoms with Crippen LogP contribution in [0.15, 0.2) is 78.0 Å². The number of thioether (sulfide) groups is 1. The Kier molecular flexibility index (Phi) is 7.57. The van der Waals surface area contributed by atoms with Gasteiger partial charge in [0.05, 0.1) is 23.1 Å². The molecular formula is C25H21N7O3S. The minimum atomic E-state index is -0.459. The maximum atomic E-state index is 12.4. The number of aromatic nitrogens is 3. The maximum absolute atomic E-state index is 12.4. The van der Waals surface area contributed by atoms with E-state index in [2.05, 4.69) is 20.8 Å². The summed E-state index contributed by atoms with van der Waals surface area (Å²) >= 11 is 1.48. The van der Waals surface area contributed by atoms with Gasteiger partial charge in [0, 0.05) is 29.3 Å². The van der Waals surface area contributed by atoms with Crippen LogP contribution in [0.1, 0.15) is 22.5 Å². The summed E-state index contributed by atoms with van der Waals surface area (Å²) in [6.07, 6.45) is 0. The number of hydrogen-bond acceptors (Lipinski definition) is 7. The first kappa shape index (κ1) is 24.4. The molecule has 1 aromatic heterocycles. The molecule has 1 heterocycles. The molecule has 0 saturated carbocycles. The van der Waals surface area contributed by atoms with Crippen molar-refractivity contribution in [3.8, 4) is 11.8 Å². The zero-order chi connectivity index (χ0) is 25.5. The van der Waals surface area contributed by atoms with Gasteiger partial charge in [0.15, 0.2) is 11.0 Å². The second-order valence-electron chi connectivity index (χ2n) is 7.72. The van der Waals surface area contributed by atoms with Gasteiger partial charge in [-0.3, -0.25) is 14.7 Å². The van der Waals surface area contributed by atoms with Crippen LogP contribution in [0, 0.1) is 28.4 Å². The summed E-state index contributed by atoms with van der Waals surface area (Å²) in [5.74, 6) is 1.12. The summed E-state index contributed by atoms with van der Waals surface area (Å²) in [5, 5.41) is 34.6. The van der Waals surface area contributed by atoms with E-state index < -0.39 is 11.0 Å². The van der Waals surface area contributed by atoms with Crippen LogP contribution in [0.2, 0.25) is 0 Å². The molecule has 0 saturated heterocycles.